The summed E-state index contributed by atoms with van der Waals surface area (Å²) in [7, 11) is 1.41. The van der Waals surface area contributed by atoms with Crippen LogP contribution in [0, 0.1) is 5.92 Å². The Balaban J connectivity index is 2.20. The standard InChI is InChI=1S/C10H13N3O2/c1-15-9(14)6-2-3-8-7(4-6)5-12-10(11)13-8/h5-6H,2-4H2,1H3,(H2,11,12,13). The molecular formula is C10H13N3O2. The average molecular weight is 207 g/mol. The van der Waals surface area contributed by atoms with Crippen LogP contribution < -0.4 is 5.73 Å². The van der Waals surface area contributed by atoms with E-state index in [9.17, 15) is 4.79 Å². The van der Waals surface area contributed by atoms with Crippen molar-refractivity contribution in [3.05, 3.63) is 17.5 Å². The Bertz CT molecular complexity index is 392. The maximum Gasteiger partial charge on any atom is 0.309 e. The number of anilines is 1. The topological polar surface area (TPSA) is 78.1 Å². The van der Waals surface area contributed by atoms with Crippen LogP contribution in [0.4, 0.5) is 5.95 Å². The summed E-state index contributed by atoms with van der Waals surface area (Å²) in [4.78, 5) is 19.4. The van der Waals surface area contributed by atoms with Crippen LogP contribution >= 0.6 is 0 Å². The van der Waals surface area contributed by atoms with Crippen molar-refractivity contribution in [3.63, 3.8) is 0 Å². The van der Waals surface area contributed by atoms with E-state index in [0.717, 1.165) is 24.1 Å². The molecule has 0 aliphatic heterocycles. The van der Waals surface area contributed by atoms with E-state index in [2.05, 4.69) is 9.97 Å². The molecule has 80 valence electrons. The van der Waals surface area contributed by atoms with Gasteiger partial charge in [-0.05, 0) is 24.8 Å². The van der Waals surface area contributed by atoms with Crippen molar-refractivity contribution in [1.29, 1.82) is 0 Å². The Morgan fingerprint density at radius 1 is 1.67 bits per heavy atom. The number of carbonyl (C=O) groups is 1. The predicted molar refractivity (Wildman–Crippen MR) is 54.0 cm³/mol. The number of nitrogens with two attached hydrogens (primary N) is 1. The number of methoxy groups -OCH3 is 1. The lowest BCUT2D eigenvalue weighted by Gasteiger charge is -2.21. The first-order valence-corrected chi connectivity index (χ1v) is 4.89. The van der Waals surface area contributed by atoms with Crippen molar-refractivity contribution in [2.75, 3.05) is 12.8 Å². The summed E-state index contributed by atoms with van der Waals surface area (Å²) in [6.07, 6.45) is 3.90. The molecule has 2 N–H and O–H groups in total. The summed E-state index contributed by atoms with van der Waals surface area (Å²) < 4.78 is 4.72. The molecule has 15 heavy (non-hydrogen) atoms. The van der Waals surface area contributed by atoms with E-state index in [4.69, 9.17) is 10.5 Å². The Morgan fingerprint density at radius 3 is 3.20 bits per heavy atom. The molecule has 1 aromatic rings. The molecule has 1 aliphatic rings. The van der Waals surface area contributed by atoms with Crippen LogP contribution in [0.1, 0.15) is 17.7 Å². The molecular weight excluding hydrogens is 194 g/mol. The van der Waals surface area contributed by atoms with E-state index in [1.807, 2.05) is 0 Å². The van der Waals surface area contributed by atoms with E-state index in [1.165, 1.54) is 7.11 Å². The SMILES string of the molecule is COC(=O)C1CCc2nc(N)ncc2C1. The van der Waals surface area contributed by atoms with Crippen molar-refractivity contribution in [2.24, 2.45) is 5.92 Å². The number of aromatic nitrogens is 2. The van der Waals surface area contributed by atoms with Crippen LogP contribution in [0.3, 0.4) is 0 Å². The molecule has 0 saturated carbocycles. The summed E-state index contributed by atoms with van der Waals surface area (Å²) >= 11 is 0. The minimum Gasteiger partial charge on any atom is -0.469 e. The molecule has 0 spiro atoms. The largest absolute Gasteiger partial charge is 0.469 e. The molecule has 0 bridgehead atoms. The molecule has 2 rings (SSSR count). The highest BCUT2D eigenvalue weighted by Gasteiger charge is 2.26. The number of aryl methyl sites for hydroxylation is 1. The normalized spacial score (nSPS) is 19.4. The average Bonchev–Trinajstić information content (AvgIpc) is 2.27. The van der Waals surface area contributed by atoms with Crippen molar-refractivity contribution in [2.45, 2.75) is 19.3 Å². The smallest absolute Gasteiger partial charge is 0.309 e. The monoisotopic (exact) mass is 207 g/mol. The van der Waals surface area contributed by atoms with Gasteiger partial charge < -0.3 is 10.5 Å². The van der Waals surface area contributed by atoms with Crippen LogP contribution in [-0.2, 0) is 22.4 Å². The van der Waals surface area contributed by atoms with E-state index in [1.54, 1.807) is 6.20 Å². The quantitative estimate of drug-likeness (QED) is 0.672. The molecule has 0 saturated heterocycles. The number of fused-ring (bicyclic) bond motifs is 1. The van der Waals surface area contributed by atoms with Gasteiger partial charge in [0.05, 0.1) is 13.0 Å². The Morgan fingerprint density at radius 2 is 2.47 bits per heavy atom. The molecule has 5 nitrogen and oxygen atoms in total. The Hall–Kier alpha value is -1.65. The van der Waals surface area contributed by atoms with Gasteiger partial charge in [0.2, 0.25) is 5.95 Å². The van der Waals surface area contributed by atoms with E-state index in [-0.39, 0.29) is 11.9 Å². The second-order valence-corrected chi connectivity index (χ2v) is 3.66. The van der Waals surface area contributed by atoms with Gasteiger partial charge in [0.1, 0.15) is 0 Å². The maximum atomic E-state index is 11.4. The van der Waals surface area contributed by atoms with E-state index >= 15 is 0 Å². The van der Waals surface area contributed by atoms with Crippen molar-refractivity contribution in [3.8, 4) is 0 Å². The molecule has 1 unspecified atom stereocenters. The molecule has 1 heterocycles. The van der Waals surface area contributed by atoms with Crippen LogP contribution in [-0.4, -0.2) is 23.0 Å². The van der Waals surface area contributed by atoms with Crippen LogP contribution in [0.2, 0.25) is 0 Å². The number of hydrogen-bond acceptors (Lipinski definition) is 5. The first kappa shape index (κ1) is 9.89. The minimum absolute atomic E-state index is 0.0604. The third kappa shape index (κ3) is 1.91. The zero-order valence-electron chi connectivity index (χ0n) is 8.56. The lowest BCUT2D eigenvalue weighted by Crippen LogP contribution is -2.24. The second-order valence-electron chi connectivity index (χ2n) is 3.66. The number of ether oxygens (including phenoxy) is 1. The maximum absolute atomic E-state index is 11.4. The van der Waals surface area contributed by atoms with Gasteiger partial charge in [0.25, 0.3) is 0 Å². The molecule has 1 aliphatic carbocycles. The summed E-state index contributed by atoms with van der Waals surface area (Å²) in [5.41, 5.74) is 7.45. The fraction of sp³-hybridized carbons (Fsp3) is 0.500. The van der Waals surface area contributed by atoms with Crippen molar-refractivity contribution < 1.29 is 9.53 Å². The van der Waals surface area contributed by atoms with Gasteiger partial charge in [-0.1, -0.05) is 0 Å². The number of carbonyl (C=O) groups excluding carboxylic acids is 1. The number of esters is 1. The molecule has 0 radical (unpaired) electrons. The lowest BCUT2D eigenvalue weighted by atomic mass is 9.87. The number of nitrogen functional groups attached to an aromatic ring is 1. The number of rotatable bonds is 1. The first-order valence-electron chi connectivity index (χ1n) is 4.89. The van der Waals surface area contributed by atoms with Crippen LogP contribution in [0.15, 0.2) is 6.20 Å². The zero-order chi connectivity index (χ0) is 10.8. The summed E-state index contributed by atoms with van der Waals surface area (Å²) in [5, 5.41) is 0. The zero-order valence-corrected chi connectivity index (χ0v) is 8.56. The van der Waals surface area contributed by atoms with E-state index < -0.39 is 0 Å². The Kier molecular flexibility index (Phi) is 2.53. The predicted octanol–water partition coefficient (Wildman–Crippen LogP) is 0.337. The van der Waals surface area contributed by atoms with Crippen molar-refractivity contribution in [1.82, 2.24) is 9.97 Å². The molecule has 0 aromatic carbocycles. The fourth-order valence-corrected chi connectivity index (χ4v) is 1.89. The highest BCUT2D eigenvalue weighted by molar-refractivity contribution is 5.73. The Labute approximate surface area is 87.7 Å². The molecule has 0 fully saturated rings. The van der Waals surface area contributed by atoms with Gasteiger partial charge in [-0.25, -0.2) is 9.97 Å². The van der Waals surface area contributed by atoms with Crippen LogP contribution in [0.5, 0.6) is 0 Å². The summed E-state index contributed by atoms with van der Waals surface area (Å²) in [6, 6.07) is 0. The second kappa shape index (κ2) is 3.84. The number of nitrogens with zero attached hydrogens (tertiary/aromatic N) is 2. The highest BCUT2D eigenvalue weighted by Crippen LogP contribution is 2.24. The van der Waals surface area contributed by atoms with Gasteiger partial charge in [-0.3, -0.25) is 4.79 Å². The first-order chi connectivity index (χ1) is 7.20. The van der Waals surface area contributed by atoms with Gasteiger partial charge in [-0.2, -0.15) is 0 Å². The van der Waals surface area contributed by atoms with Gasteiger partial charge in [-0.15, -0.1) is 0 Å². The van der Waals surface area contributed by atoms with Gasteiger partial charge >= 0.3 is 5.97 Å². The van der Waals surface area contributed by atoms with E-state index in [0.29, 0.717) is 12.4 Å². The van der Waals surface area contributed by atoms with Crippen LogP contribution in [0.25, 0.3) is 0 Å². The molecule has 1 atom stereocenters. The minimum atomic E-state index is -0.155. The molecule has 5 heteroatoms. The highest BCUT2D eigenvalue weighted by atomic mass is 16.5. The summed E-state index contributed by atoms with van der Waals surface area (Å²) in [5.74, 6) is 0.0810. The molecule has 0 amide bonds. The summed E-state index contributed by atoms with van der Waals surface area (Å²) in [6.45, 7) is 0. The fourth-order valence-electron chi connectivity index (χ4n) is 1.89. The van der Waals surface area contributed by atoms with Crippen molar-refractivity contribution >= 4 is 11.9 Å². The van der Waals surface area contributed by atoms with Gasteiger partial charge in [0.15, 0.2) is 0 Å². The number of hydrogen-bond donors (Lipinski definition) is 1. The molecule has 1 aromatic heterocycles. The third-order valence-electron chi connectivity index (χ3n) is 2.70. The third-order valence-corrected chi connectivity index (χ3v) is 2.70. The lowest BCUT2D eigenvalue weighted by molar-refractivity contribution is -0.145. The van der Waals surface area contributed by atoms with Gasteiger partial charge in [0, 0.05) is 11.9 Å².